The van der Waals surface area contributed by atoms with Crippen LogP contribution < -0.4 is 4.72 Å². The normalized spacial score (nSPS) is 11.3. The number of aryl methyl sites for hydroxylation is 1. The van der Waals surface area contributed by atoms with Crippen LogP contribution in [0.1, 0.15) is 15.2 Å². The fourth-order valence-corrected chi connectivity index (χ4v) is 4.06. The van der Waals surface area contributed by atoms with Gasteiger partial charge in [-0.05, 0) is 36.8 Å². The molecule has 118 valence electrons. The molecule has 5 nitrogen and oxygen atoms in total. The average Bonchev–Trinajstić information content (AvgIpc) is 2.80. The highest BCUT2D eigenvalue weighted by molar-refractivity contribution is 7.93. The number of thiophene rings is 1. The Labute approximate surface area is 129 Å². The Morgan fingerprint density at radius 1 is 1.27 bits per heavy atom. The van der Waals surface area contributed by atoms with Crippen molar-refractivity contribution in [1.82, 2.24) is 0 Å². The minimum Gasteiger partial charge on any atom is -0.465 e. The topological polar surface area (TPSA) is 72.5 Å². The van der Waals surface area contributed by atoms with Gasteiger partial charge in [0.1, 0.15) is 26.4 Å². The molecule has 22 heavy (non-hydrogen) atoms. The van der Waals surface area contributed by atoms with Gasteiger partial charge in [-0.3, -0.25) is 4.72 Å². The molecule has 1 heterocycles. The molecule has 0 amide bonds. The van der Waals surface area contributed by atoms with Gasteiger partial charge in [-0.25, -0.2) is 22.0 Å². The van der Waals surface area contributed by atoms with Gasteiger partial charge in [-0.1, -0.05) is 0 Å². The predicted molar refractivity (Wildman–Crippen MR) is 77.6 cm³/mol. The van der Waals surface area contributed by atoms with Crippen molar-refractivity contribution in [2.75, 3.05) is 11.8 Å². The van der Waals surface area contributed by atoms with Crippen molar-refractivity contribution < 1.29 is 26.7 Å². The quantitative estimate of drug-likeness (QED) is 0.863. The van der Waals surface area contributed by atoms with Crippen molar-refractivity contribution in [2.24, 2.45) is 0 Å². The fraction of sp³-hybridized carbons (Fsp3) is 0.154. The summed E-state index contributed by atoms with van der Waals surface area (Å²) in [6, 6.07) is 3.54. The summed E-state index contributed by atoms with van der Waals surface area (Å²) in [6.45, 7) is 1.60. The van der Waals surface area contributed by atoms with E-state index in [2.05, 4.69) is 9.46 Å². The van der Waals surface area contributed by atoms with Crippen LogP contribution in [0.4, 0.5) is 13.8 Å². The van der Waals surface area contributed by atoms with Crippen molar-refractivity contribution in [3.05, 3.63) is 46.3 Å². The number of anilines is 1. The Balaban J connectivity index is 2.37. The second-order valence-electron chi connectivity index (χ2n) is 4.29. The molecule has 0 aliphatic heterocycles. The summed E-state index contributed by atoms with van der Waals surface area (Å²) in [5.41, 5.74) is 0.509. The van der Waals surface area contributed by atoms with Gasteiger partial charge in [0.2, 0.25) is 0 Å². The number of ether oxygens (including phenoxy) is 1. The minimum atomic E-state index is -4.31. The molecule has 9 heteroatoms. The molecule has 1 aromatic heterocycles. The van der Waals surface area contributed by atoms with Crippen LogP contribution in [0.3, 0.4) is 0 Å². The van der Waals surface area contributed by atoms with Crippen LogP contribution in [0.2, 0.25) is 0 Å². The van der Waals surface area contributed by atoms with E-state index in [-0.39, 0.29) is 9.88 Å². The molecule has 0 spiro atoms. The lowest BCUT2D eigenvalue weighted by Gasteiger charge is -2.06. The van der Waals surface area contributed by atoms with E-state index in [1.54, 1.807) is 6.92 Å². The summed E-state index contributed by atoms with van der Waals surface area (Å²) in [5.74, 6) is -2.56. The zero-order valence-electron chi connectivity index (χ0n) is 11.5. The van der Waals surface area contributed by atoms with Crippen LogP contribution in [0.25, 0.3) is 0 Å². The van der Waals surface area contributed by atoms with Gasteiger partial charge in [0.25, 0.3) is 10.0 Å². The largest absolute Gasteiger partial charge is 0.465 e. The predicted octanol–water partition coefficient (Wildman–Crippen LogP) is 2.92. The summed E-state index contributed by atoms with van der Waals surface area (Å²) in [5, 5.41) is 0.0987. The van der Waals surface area contributed by atoms with Gasteiger partial charge < -0.3 is 4.74 Å². The summed E-state index contributed by atoms with van der Waals surface area (Å²) >= 11 is 0.843. The van der Waals surface area contributed by atoms with Gasteiger partial charge in [-0.2, -0.15) is 0 Å². The molecule has 0 aliphatic carbocycles. The lowest BCUT2D eigenvalue weighted by Crippen LogP contribution is -2.14. The minimum absolute atomic E-state index is 0.0987. The molecule has 0 saturated heterocycles. The van der Waals surface area contributed by atoms with Crippen molar-refractivity contribution in [3.63, 3.8) is 0 Å². The van der Waals surface area contributed by atoms with E-state index in [1.807, 2.05) is 0 Å². The molecule has 1 N–H and O–H groups in total. The van der Waals surface area contributed by atoms with Crippen LogP contribution in [0.5, 0.6) is 0 Å². The number of benzene rings is 1. The number of halogens is 2. The molecular formula is C13H11F2NO4S2. The molecule has 0 bridgehead atoms. The fourth-order valence-electron chi connectivity index (χ4n) is 1.70. The average molecular weight is 347 g/mol. The third-order valence-corrected chi connectivity index (χ3v) is 5.35. The van der Waals surface area contributed by atoms with Gasteiger partial charge >= 0.3 is 5.97 Å². The smallest absolute Gasteiger partial charge is 0.348 e. The van der Waals surface area contributed by atoms with Crippen molar-refractivity contribution in [2.45, 2.75) is 11.8 Å². The number of carbonyl (C=O) groups excluding carboxylic acids is 1. The zero-order chi connectivity index (χ0) is 16.5. The molecule has 0 atom stereocenters. The zero-order valence-corrected chi connectivity index (χ0v) is 13.1. The van der Waals surface area contributed by atoms with Crippen LogP contribution >= 0.6 is 11.3 Å². The summed E-state index contributed by atoms with van der Waals surface area (Å²) in [7, 11) is -3.11. The van der Waals surface area contributed by atoms with Crippen molar-refractivity contribution >= 4 is 32.3 Å². The van der Waals surface area contributed by atoms with Crippen LogP contribution in [0, 0.1) is 18.6 Å². The Morgan fingerprint density at radius 3 is 2.59 bits per heavy atom. The molecule has 2 rings (SSSR count). The van der Waals surface area contributed by atoms with Crippen molar-refractivity contribution in [3.8, 4) is 0 Å². The first-order chi connectivity index (χ1) is 10.2. The monoisotopic (exact) mass is 347 g/mol. The standard InChI is InChI=1S/C13H11F2NO4S2/c1-7-5-11(21-12(7)13(17)20-2)16-22(18,19)10-6-8(14)3-4-9(10)15/h3-6,16H,1-2H3. The number of hydrogen-bond donors (Lipinski definition) is 1. The SMILES string of the molecule is COC(=O)c1sc(NS(=O)(=O)c2cc(F)ccc2F)cc1C. The number of rotatable bonds is 4. The van der Waals surface area contributed by atoms with E-state index in [9.17, 15) is 22.0 Å². The van der Waals surface area contributed by atoms with E-state index in [0.29, 0.717) is 11.6 Å². The number of sulfonamides is 1. The molecule has 0 aliphatic rings. The van der Waals surface area contributed by atoms with E-state index in [0.717, 1.165) is 23.5 Å². The molecule has 2 aromatic rings. The number of esters is 1. The van der Waals surface area contributed by atoms with Gasteiger partial charge in [-0.15, -0.1) is 11.3 Å². The van der Waals surface area contributed by atoms with E-state index < -0.39 is 32.5 Å². The first-order valence-electron chi connectivity index (χ1n) is 5.91. The summed E-state index contributed by atoms with van der Waals surface area (Å²) in [4.78, 5) is 10.9. The number of hydrogen-bond acceptors (Lipinski definition) is 5. The van der Waals surface area contributed by atoms with Gasteiger partial charge in [0.05, 0.1) is 7.11 Å². The molecule has 0 radical (unpaired) electrons. The van der Waals surface area contributed by atoms with Crippen LogP contribution in [-0.4, -0.2) is 21.5 Å². The second-order valence-corrected chi connectivity index (χ2v) is 7.00. The van der Waals surface area contributed by atoms with Crippen molar-refractivity contribution in [1.29, 1.82) is 0 Å². The lowest BCUT2D eigenvalue weighted by molar-refractivity contribution is 0.0605. The molecular weight excluding hydrogens is 336 g/mol. The Bertz CT molecular complexity index is 831. The molecule has 0 saturated carbocycles. The molecule has 0 unspecified atom stereocenters. The van der Waals surface area contributed by atoms with E-state index >= 15 is 0 Å². The lowest BCUT2D eigenvalue weighted by atomic mass is 10.3. The third-order valence-electron chi connectivity index (χ3n) is 2.71. The Kier molecular flexibility index (Phi) is 4.47. The highest BCUT2D eigenvalue weighted by atomic mass is 32.2. The highest BCUT2D eigenvalue weighted by Gasteiger charge is 2.22. The molecule has 1 aromatic carbocycles. The Hall–Kier alpha value is -2.00. The number of nitrogens with one attached hydrogen (secondary N) is 1. The molecule has 0 fully saturated rings. The maximum atomic E-state index is 13.6. The summed E-state index contributed by atoms with van der Waals surface area (Å²) in [6.07, 6.45) is 0. The summed E-state index contributed by atoms with van der Waals surface area (Å²) < 4.78 is 57.6. The maximum absolute atomic E-state index is 13.6. The first kappa shape index (κ1) is 16.4. The second kappa shape index (κ2) is 6.01. The number of carbonyl (C=O) groups is 1. The van der Waals surface area contributed by atoms with E-state index in [1.165, 1.54) is 13.2 Å². The van der Waals surface area contributed by atoms with Gasteiger partial charge in [0.15, 0.2) is 0 Å². The highest BCUT2D eigenvalue weighted by Crippen LogP contribution is 2.29. The Morgan fingerprint density at radius 2 is 1.95 bits per heavy atom. The van der Waals surface area contributed by atoms with Gasteiger partial charge in [0, 0.05) is 0 Å². The van der Waals surface area contributed by atoms with E-state index in [4.69, 9.17) is 0 Å². The van der Waals surface area contributed by atoms with Crippen LogP contribution in [0.15, 0.2) is 29.2 Å². The number of methoxy groups -OCH3 is 1. The third kappa shape index (κ3) is 3.25. The first-order valence-corrected chi connectivity index (χ1v) is 8.21. The van der Waals surface area contributed by atoms with Crippen LogP contribution in [-0.2, 0) is 14.8 Å². The maximum Gasteiger partial charge on any atom is 0.348 e.